The lowest BCUT2D eigenvalue weighted by Gasteiger charge is -2.38. The molecule has 1 aromatic heterocycles. The molecule has 134 valence electrons. The normalized spacial score (nSPS) is 16.5. The van der Waals surface area contributed by atoms with Crippen molar-refractivity contribution in [2.24, 2.45) is 0 Å². The molecule has 0 radical (unpaired) electrons. The summed E-state index contributed by atoms with van der Waals surface area (Å²) >= 11 is 6.06. The van der Waals surface area contributed by atoms with Crippen LogP contribution < -0.4 is 10.2 Å². The van der Waals surface area contributed by atoms with E-state index in [-0.39, 0.29) is 0 Å². The maximum absolute atomic E-state index is 11.1. The minimum Gasteiger partial charge on any atom is -0.388 e. The topological polar surface area (TPSA) is 61.3 Å². The van der Waals surface area contributed by atoms with Crippen LogP contribution in [0.25, 0.3) is 0 Å². The summed E-state index contributed by atoms with van der Waals surface area (Å²) in [6.07, 6.45) is 6.77. The van der Waals surface area contributed by atoms with Crippen LogP contribution in [0.3, 0.4) is 0 Å². The average molecular weight is 361 g/mol. The Morgan fingerprint density at radius 1 is 1.20 bits per heavy atom. The Balaban J connectivity index is 2.01. The van der Waals surface area contributed by atoms with E-state index in [0.29, 0.717) is 17.5 Å². The number of hydrogen-bond donors (Lipinski definition) is 2. The Morgan fingerprint density at radius 2 is 1.88 bits per heavy atom. The average Bonchev–Trinajstić information content (AvgIpc) is 2.62. The number of aromatic nitrogens is 2. The fourth-order valence-corrected chi connectivity index (χ4v) is 3.52. The largest absolute Gasteiger partial charge is 0.388 e. The number of benzene rings is 1. The number of rotatable bonds is 5. The van der Waals surface area contributed by atoms with E-state index in [0.717, 1.165) is 42.8 Å². The fourth-order valence-electron chi connectivity index (χ4n) is 3.40. The lowest BCUT2D eigenvalue weighted by Crippen LogP contribution is -2.43. The Bertz CT molecular complexity index is 714. The molecule has 2 aromatic rings. The predicted octanol–water partition coefficient (Wildman–Crippen LogP) is 4.31. The molecule has 0 unspecified atom stereocenters. The second-order valence-electron chi connectivity index (χ2n) is 6.80. The van der Waals surface area contributed by atoms with Crippen molar-refractivity contribution in [1.82, 2.24) is 9.97 Å². The van der Waals surface area contributed by atoms with Gasteiger partial charge in [-0.25, -0.2) is 4.98 Å². The second kappa shape index (κ2) is 7.58. The lowest BCUT2D eigenvalue weighted by molar-refractivity contribution is 0.0127. The molecule has 0 atom stereocenters. The molecule has 0 spiro atoms. The van der Waals surface area contributed by atoms with Gasteiger partial charge in [0.1, 0.15) is 5.82 Å². The van der Waals surface area contributed by atoms with Crippen molar-refractivity contribution in [3.8, 4) is 0 Å². The van der Waals surface area contributed by atoms with Gasteiger partial charge in [0.05, 0.1) is 12.1 Å². The number of nitrogens with one attached hydrogen (secondary N) is 1. The number of aliphatic hydroxyl groups is 1. The molecular weight excluding hydrogens is 336 g/mol. The summed E-state index contributed by atoms with van der Waals surface area (Å²) in [5.74, 6) is 1.37. The Hall–Kier alpha value is -1.85. The summed E-state index contributed by atoms with van der Waals surface area (Å²) in [7, 11) is 1.80. The first-order chi connectivity index (χ1) is 12.0. The van der Waals surface area contributed by atoms with Gasteiger partial charge in [-0.15, -0.1) is 0 Å². The third kappa shape index (κ3) is 4.22. The van der Waals surface area contributed by atoms with E-state index in [1.807, 2.05) is 37.4 Å². The number of aryl methyl sites for hydroxylation is 1. The van der Waals surface area contributed by atoms with Crippen molar-refractivity contribution in [1.29, 1.82) is 0 Å². The highest BCUT2D eigenvalue weighted by Gasteiger charge is 2.33. The number of anilines is 3. The van der Waals surface area contributed by atoms with E-state index in [1.165, 1.54) is 6.42 Å². The molecule has 3 rings (SSSR count). The molecule has 1 aliphatic carbocycles. The first-order valence-electron chi connectivity index (χ1n) is 8.78. The van der Waals surface area contributed by atoms with Crippen molar-refractivity contribution in [2.45, 2.75) is 44.6 Å². The summed E-state index contributed by atoms with van der Waals surface area (Å²) in [4.78, 5) is 11.0. The van der Waals surface area contributed by atoms with Gasteiger partial charge in [-0.3, -0.25) is 0 Å². The first kappa shape index (κ1) is 18.0. The highest BCUT2D eigenvalue weighted by molar-refractivity contribution is 6.30. The van der Waals surface area contributed by atoms with Gasteiger partial charge in [0.2, 0.25) is 5.95 Å². The van der Waals surface area contributed by atoms with E-state index in [1.54, 1.807) is 7.05 Å². The van der Waals surface area contributed by atoms with Crippen LogP contribution >= 0.6 is 11.6 Å². The molecule has 1 heterocycles. The van der Waals surface area contributed by atoms with Crippen LogP contribution in [-0.2, 0) is 0 Å². The molecule has 1 aromatic carbocycles. The number of halogens is 1. The first-order valence-corrected chi connectivity index (χ1v) is 9.15. The molecular formula is C19H25ClN4O. The van der Waals surface area contributed by atoms with E-state index >= 15 is 0 Å². The van der Waals surface area contributed by atoms with Crippen LogP contribution in [0.1, 0.15) is 37.7 Å². The lowest BCUT2D eigenvalue weighted by atomic mass is 9.84. The molecule has 25 heavy (non-hydrogen) atoms. The van der Waals surface area contributed by atoms with Gasteiger partial charge in [0.15, 0.2) is 0 Å². The SMILES string of the molecule is CNc1ncc(C)c(N(CC2(O)CCCCC2)c2ccc(Cl)cc2)n1. The van der Waals surface area contributed by atoms with Gasteiger partial charge >= 0.3 is 0 Å². The Labute approximate surface area is 154 Å². The third-order valence-corrected chi connectivity index (χ3v) is 5.05. The van der Waals surface area contributed by atoms with Gasteiger partial charge in [-0.05, 0) is 44.0 Å². The standard InChI is InChI=1S/C19H25ClN4O/c1-14-12-22-18(21-2)23-17(14)24(16-8-6-15(20)7-9-16)13-19(25)10-4-3-5-11-19/h6-9,12,25H,3-5,10-11,13H2,1-2H3,(H,21,22,23). The summed E-state index contributed by atoms with van der Waals surface area (Å²) < 4.78 is 0. The van der Waals surface area contributed by atoms with Crippen LogP contribution in [0.5, 0.6) is 0 Å². The van der Waals surface area contributed by atoms with Crippen molar-refractivity contribution in [3.05, 3.63) is 41.0 Å². The molecule has 1 saturated carbocycles. The number of nitrogens with zero attached hydrogens (tertiary/aromatic N) is 3. The highest BCUT2D eigenvalue weighted by Crippen LogP contribution is 2.35. The third-order valence-electron chi connectivity index (χ3n) is 4.80. The maximum Gasteiger partial charge on any atom is 0.224 e. The molecule has 0 amide bonds. The Morgan fingerprint density at radius 3 is 2.52 bits per heavy atom. The van der Waals surface area contributed by atoms with Crippen molar-refractivity contribution in [2.75, 3.05) is 23.8 Å². The maximum atomic E-state index is 11.1. The molecule has 6 heteroatoms. The van der Waals surface area contributed by atoms with Crippen LogP contribution in [0.15, 0.2) is 30.5 Å². The van der Waals surface area contributed by atoms with Gasteiger partial charge in [-0.1, -0.05) is 30.9 Å². The van der Waals surface area contributed by atoms with Gasteiger partial charge in [-0.2, -0.15) is 4.98 Å². The smallest absolute Gasteiger partial charge is 0.224 e. The zero-order valence-electron chi connectivity index (χ0n) is 14.8. The Kier molecular flexibility index (Phi) is 5.45. The van der Waals surface area contributed by atoms with Crippen LogP contribution in [0.4, 0.5) is 17.5 Å². The van der Waals surface area contributed by atoms with Gasteiger partial charge < -0.3 is 15.3 Å². The summed E-state index contributed by atoms with van der Waals surface area (Å²) in [5, 5.41) is 14.8. The summed E-state index contributed by atoms with van der Waals surface area (Å²) in [6, 6.07) is 7.67. The zero-order chi connectivity index (χ0) is 17.9. The molecule has 0 aliphatic heterocycles. The minimum atomic E-state index is -0.699. The zero-order valence-corrected chi connectivity index (χ0v) is 15.6. The van der Waals surface area contributed by atoms with Crippen LogP contribution in [-0.4, -0.2) is 34.3 Å². The molecule has 1 fully saturated rings. The molecule has 0 bridgehead atoms. The minimum absolute atomic E-state index is 0.510. The number of hydrogen-bond acceptors (Lipinski definition) is 5. The van der Waals surface area contributed by atoms with Crippen molar-refractivity contribution in [3.63, 3.8) is 0 Å². The van der Waals surface area contributed by atoms with Crippen molar-refractivity contribution < 1.29 is 5.11 Å². The van der Waals surface area contributed by atoms with Gasteiger partial charge in [0.25, 0.3) is 0 Å². The van der Waals surface area contributed by atoms with Crippen molar-refractivity contribution >= 4 is 29.1 Å². The van der Waals surface area contributed by atoms with Crippen LogP contribution in [0, 0.1) is 6.92 Å². The van der Waals surface area contributed by atoms with E-state index < -0.39 is 5.60 Å². The predicted molar refractivity (Wildman–Crippen MR) is 103 cm³/mol. The molecule has 1 aliphatic rings. The van der Waals surface area contributed by atoms with E-state index in [9.17, 15) is 5.11 Å². The molecule has 5 nitrogen and oxygen atoms in total. The van der Waals surface area contributed by atoms with Gasteiger partial charge in [0, 0.05) is 29.5 Å². The quantitative estimate of drug-likeness (QED) is 0.831. The highest BCUT2D eigenvalue weighted by atomic mass is 35.5. The van der Waals surface area contributed by atoms with Crippen LogP contribution in [0.2, 0.25) is 5.02 Å². The summed E-state index contributed by atoms with van der Waals surface area (Å²) in [5.41, 5.74) is 1.23. The van der Waals surface area contributed by atoms with E-state index in [4.69, 9.17) is 11.6 Å². The monoisotopic (exact) mass is 360 g/mol. The van der Waals surface area contributed by atoms with E-state index in [2.05, 4.69) is 20.2 Å². The molecule has 0 saturated heterocycles. The second-order valence-corrected chi connectivity index (χ2v) is 7.23. The molecule has 2 N–H and O–H groups in total. The fraction of sp³-hybridized carbons (Fsp3) is 0.474. The summed E-state index contributed by atoms with van der Waals surface area (Å²) in [6.45, 7) is 2.50.